The third-order valence-electron chi connectivity index (χ3n) is 4.38. The van der Waals surface area contributed by atoms with Crippen molar-refractivity contribution in [3.8, 4) is 11.4 Å². The molecule has 0 bridgehead atoms. The number of ether oxygens (including phenoxy) is 1. The summed E-state index contributed by atoms with van der Waals surface area (Å²) >= 11 is 0. The van der Waals surface area contributed by atoms with Gasteiger partial charge in [0.25, 0.3) is 0 Å². The Morgan fingerprint density at radius 2 is 2.00 bits per heavy atom. The van der Waals surface area contributed by atoms with Crippen LogP contribution in [0.1, 0.15) is 31.4 Å². The molecule has 1 fully saturated rings. The second-order valence-electron chi connectivity index (χ2n) is 6.19. The number of nitrogens with zero attached hydrogens (tertiary/aromatic N) is 3. The van der Waals surface area contributed by atoms with Crippen LogP contribution in [0.15, 0.2) is 36.7 Å². The molecule has 0 radical (unpaired) electrons. The van der Waals surface area contributed by atoms with Crippen LogP contribution in [0, 0.1) is 0 Å². The van der Waals surface area contributed by atoms with Gasteiger partial charge in [0.1, 0.15) is 5.75 Å². The number of benzene rings is 1. The molecule has 0 spiro atoms. The zero-order valence-electron chi connectivity index (χ0n) is 14.2. The monoisotopic (exact) mass is 328 g/mol. The van der Waals surface area contributed by atoms with E-state index in [0.717, 1.165) is 30.1 Å². The average Bonchev–Trinajstić information content (AvgIpc) is 3.26. The third kappa shape index (κ3) is 3.94. The quantitative estimate of drug-likeness (QED) is 0.883. The van der Waals surface area contributed by atoms with E-state index in [4.69, 9.17) is 4.74 Å². The predicted molar refractivity (Wildman–Crippen MR) is 92.3 cm³/mol. The van der Waals surface area contributed by atoms with Gasteiger partial charge in [0.05, 0.1) is 31.6 Å². The maximum absolute atomic E-state index is 12.1. The van der Waals surface area contributed by atoms with Crippen molar-refractivity contribution >= 4 is 5.91 Å². The first kappa shape index (κ1) is 16.5. The lowest BCUT2D eigenvalue weighted by Crippen LogP contribution is -2.36. The van der Waals surface area contributed by atoms with E-state index in [1.54, 1.807) is 18.0 Å². The zero-order valence-corrected chi connectivity index (χ0v) is 14.2. The molecule has 6 nitrogen and oxygen atoms in total. The van der Waals surface area contributed by atoms with E-state index in [1.165, 1.54) is 12.8 Å². The largest absolute Gasteiger partial charge is 0.497 e. The third-order valence-corrected chi connectivity index (χ3v) is 4.38. The van der Waals surface area contributed by atoms with Crippen molar-refractivity contribution in [1.29, 1.82) is 0 Å². The first-order valence-electron chi connectivity index (χ1n) is 8.36. The molecule has 1 aromatic carbocycles. The predicted octanol–water partition coefficient (Wildman–Crippen LogP) is 2.15. The van der Waals surface area contributed by atoms with E-state index < -0.39 is 0 Å². The average molecular weight is 328 g/mol. The number of methoxy groups -OCH3 is 1. The van der Waals surface area contributed by atoms with Crippen LogP contribution in [0.4, 0.5) is 0 Å². The van der Waals surface area contributed by atoms with Crippen molar-refractivity contribution < 1.29 is 9.53 Å². The van der Waals surface area contributed by atoms with Crippen molar-refractivity contribution in [2.24, 2.45) is 0 Å². The Bertz CT molecular complexity index is 675. The Kier molecular flexibility index (Phi) is 5.15. The van der Waals surface area contributed by atoms with E-state index in [2.05, 4.69) is 15.3 Å². The molecule has 1 aliphatic rings. The van der Waals surface area contributed by atoms with Gasteiger partial charge < -0.3 is 10.1 Å². The van der Waals surface area contributed by atoms with Gasteiger partial charge in [0.2, 0.25) is 5.91 Å². The Hall–Kier alpha value is -2.34. The normalized spacial score (nSPS) is 16.1. The number of likely N-dealkylation sites (tertiary alicyclic amines) is 1. The summed E-state index contributed by atoms with van der Waals surface area (Å²) in [5.41, 5.74) is 1.94. The van der Waals surface area contributed by atoms with Gasteiger partial charge in [-0.1, -0.05) is 0 Å². The van der Waals surface area contributed by atoms with Crippen LogP contribution >= 0.6 is 0 Å². The van der Waals surface area contributed by atoms with Crippen molar-refractivity contribution in [1.82, 2.24) is 20.0 Å². The number of carbonyl (C=O) groups excluding carboxylic acids is 1. The fourth-order valence-electron chi connectivity index (χ4n) is 2.95. The summed E-state index contributed by atoms with van der Waals surface area (Å²) in [7, 11) is 1.65. The highest BCUT2D eigenvalue weighted by atomic mass is 16.5. The molecule has 1 N–H and O–H groups in total. The summed E-state index contributed by atoms with van der Waals surface area (Å²) < 4.78 is 6.97. The molecule has 1 amide bonds. The minimum absolute atomic E-state index is 0.0629. The number of carbonyl (C=O) groups is 1. The number of rotatable bonds is 6. The van der Waals surface area contributed by atoms with Gasteiger partial charge in [0.15, 0.2) is 0 Å². The van der Waals surface area contributed by atoms with E-state index in [1.807, 2.05) is 37.4 Å². The molecule has 1 aromatic heterocycles. The van der Waals surface area contributed by atoms with E-state index in [9.17, 15) is 4.79 Å². The highest BCUT2D eigenvalue weighted by Gasteiger charge is 2.17. The molecule has 0 aliphatic carbocycles. The summed E-state index contributed by atoms with van der Waals surface area (Å²) in [6.07, 6.45) is 6.13. The van der Waals surface area contributed by atoms with E-state index >= 15 is 0 Å². The summed E-state index contributed by atoms with van der Waals surface area (Å²) in [5.74, 6) is 0.885. The molecule has 0 unspecified atom stereocenters. The van der Waals surface area contributed by atoms with Gasteiger partial charge in [0, 0.05) is 11.8 Å². The molecule has 3 rings (SSSR count). The summed E-state index contributed by atoms with van der Waals surface area (Å²) in [6.45, 7) is 4.52. The SMILES string of the molecule is COc1ccc(-n2cc([C@@H](C)NC(=O)CN3CCCC3)cn2)cc1. The minimum Gasteiger partial charge on any atom is -0.497 e. The van der Waals surface area contributed by atoms with Crippen LogP contribution in [-0.2, 0) is 4.79 Å². The standard InChI is InChI=1S/C18H24N4O2/c1-14(20-18(23)13-21-9-3-4-10-21)15-11-19-22(12-15)16-5-7-17(24-2)8-6-16/h5-8,11-12,14H,3-4,9-10,13H2,1-2H3,(H,20,23)/t14-/m1/s1. The number of aromatic nitrogens is 2. The molecule has 128 valence electrons. The summed E-state index contributed by atoms with van der Waals surface area (Å²) in [4.78, 5) is 14.3. The van der Waals surface area contributed by atoms with E-state index in [0.29, 0.717) is 6.54 Å². The molecular weight excluding hydrogens is 304 g/mol. The second-order valence-corrected chi connectivity index (χ2v) is 6.19. The van der Waals surface area contributed by atoms with Gasteiger partial charge in [-0.15, -0.1) is 0 Å². The van der Waals surface area contributed by atoms with Crippen LogP contribution in [0.25, 0.3) is 5.69 Å². The number of hydrogen-bond donors (Lipinski definition) is 1. The molecule has 6 heteroatoms. The lowest BCUT2D eigenvalue weighted by molar-refractivity contribution is -0.122. The molecule has 2 heterocycles. The maximum atomic E-state index is 12.1. The highest BCUT2D eigenvalue weighted by molar-refractivity contribution is 5.78. The Labute approximate surface area is 142 Å². The fraction of sp³-hybridized carbons (Fsp3) is 0.444. The van der Waals surface area contributed by atoms with Gasteiger partial charge >= 0.3 is 0 Å². The fourth-order valence-corrected chi connectivity index (χ4v) is 2.95. The van der Waals surface area contributed by atoms with Crippen molar-refractivity contribution in [2.45, 2.75) is 25.8 Å². The van der Waals surface area contributed by atoms with Crippen LogP contribution < -0.4 is 10.1 Å². The summed E-state index contributed by atoms with van der Waals surface area (Å²) in [6, 6.07) is 7.64. The second kappa shape index (κ2) is 7.49. The van der Waals surface area contributed by atoms with Crippen LogP contribution in [0.3, 0.4) is 0 Å². The lowest BCUT2D eigenvalue weighted by atomic mass is 10.2. The first-order chi connectivity index (χ1) is 11.7. The first-order valence-corrected chi connectivity index (χ1v) is 8.36. The van der Waals surface area contributed by atoms with Gasteiger partial charge in [-0.05, 0) is 57.1 Å². The molecule has 24 heavy (non-hydrogen) atoms. The van der Waals surface area contributed by atoms with E-state index in [-0.39, 0.29) is 11.9 Å². The minimum atomic E-state index is -0.0629. The smallest absolute Gasteiger partial charge is 0.234 e. The van der Waals surface area contributed by atoms with Crippen molar-refractivity contribution in [3.05, 3.63) is 42.2 Å². The maximum Gasteiger partial charge on any atom is 0.234 e. The van der Waals surface area contributed by atoms with Crippen LogP contribution in [0.5, 0.6) is 5.75 Å². The molecule has 0 saturated carbocycles. The van der Waals surface area contributed by atoms with Crippen molar-refractivity contribution in [3.63, 3.8) is 0 Å². The van der Waals surface area contributed by atoms with Gasteiger partial charge in [-0.3, -0.25) is 9.69 Å². The molecule has 1 atom stereocenters. The molecular formula is C18H24N4O2. The topological polar surface area (TPSA) is 59.4 Å². The molecule has 2 aromatic rings. The summed E-state index contributed by atoms with van der Waals surface area (Å²) in [5, 5.41) is 7.44. The van der Waals surface area contributed by atoms with Gasteiger partial charge in [-0.25, -0.2) is 4.68 Å². The Balaban J connectivity index is 1.60. The lowest BCUT2D eigenvalue weighted by Gasteiger charge is -2.17. The number of amides is 1. The van der Waals surface area contributed by atoms with Crippen LogP contribution in [0.2, 0.25) is 0 Å². The number of nitrogens with one attached hydrogen (secondary N) is 1. The molecule has 1 aliphatic heterocycles. The van der Waals surface area contributed by atoms with Crippen LogP contribution in [-0.4, -0.2) is 47.3 Å². The molecule has 1 saturated heterocycles. The number of hydrogen-bond acceptors (Lipinski definition) is 4. The Morgan fingerprint density at radius 3 is 2.67 bits per heavy atom. The highest BCUT2D eigenvalue weighted by Crippen LogP contribution is 2.17. The zero-order chi connectivity index (χ0) is 16.9. The Morgan fingerprint density at radius 1 is 1.29 bits per heavy atom. The van der Waals surface area contributed by atoms with Gasteiger partial charge in [-0.2, -0.15) is 5.10 Å². The van der Waals surface area contributed by atoms with Crippen molar-refractivity contribution in [2.75, 3.05) is 26.7 Å².